The number of ether oxygens (including phenoxy) is 5. The monoisotopic (exact) mass is 906 g/mol. The summed E-state index contributed by atoms with van der Waals surface area (Å²) >= 11 is 17.1. The molecular formula is C42H45ClF2N2O8S4. The number of esters is 2. The van der Waals surface area contributed by atoms with Gasteiger partial charge in [0.25, 0.3) is 4.51 Å². The van der Waals surface area contributed by atoms with Gasteiger partial charge in [0.05, 0.1) is 36.4 Å². The van der Waals surface area contributed by atoms with Crippen molar-refractivity contribution >= 4 is 91.5 Å². The number of carbonyl (C=O) groups is 2. The van der Waals surface area contributed by atoms with Gasteiger partial charge < -0.3 is 28.8 Å². The molecule has 0 atom stereocenters. The average Bonchev–Trinajstić information content (AvgIpc) is 3.72. The number of aliphatic hydroxyl groups is 1. The van der Waals surface area contributed by atoms with Crippen molar-refractivity contribution in [1.29, 1.82) is 0 Å². The predicted molar refractivity (Wildman–Crippen MR) is 235 cm³/mol. The molecule has 2 aliphatic heterocycles. The molecule has 2 aliphatic rings. The first kappa shape index (κ1) is 47.3. The largest absolute Gasteiger partial charge is 0.511 e. The first-order valence-corrected chi connectivity index (χ1v) is 20.7. The number of rotatable bonds is 5. The van der Waals surface area contributed by atoms with E-state index in [4.69, 9.17) is 42.8 Å². The fraction of sp³-hybridized carbons (Fsp3) is 0.381. The number of thiocarbonyl (C=S) groups is 2. The molecule has 0 spiro atoms. The number of cyclic esters (lactones) is 2. The third-order valence-corrected chi connectivity index (χ3v) is 13.1. The van der Waals surface area contributed by atoms with Crippen LogP contribution < -0.4 is 0 Å². The van der Waals surface area contributed by atoms with Gasteiger partial charge in [-0.15, -0.1) is 22.7 Å². The number of nitrogens with zero attached hydrogens (tertiary/aromatic N) is 2. The predicted octanol–water partition coefficient (Wildman–Crippen LogP) is 11.3. The molecule has 0 saturated carbocycles. The van der Waals surface area contributed by atoms with E-state index >= 15 is 0 Å². The molecule has 17 heteroatoms. The van der Waals surface area contributed by atoms with Gasteiger partial charge in [-0.2, -0.15) is 0 Å². The molecule has 0 unspecified atom stereocenters. The van der Waals surface area contributed by atoms with E-state index < -0.39 is 34.0 Å². The standard InChI is InChI=1S/C21H22FNO4S2.C19H20FNO3S.C2H3ClOS/c1-11-15(23-17(29-11)12-7-9-13(22)10-8-12)14-16(26-19(28)25-6)20(2,3)21(4,5)27-18(14)24;1-10-14(21-16(25-10)11-6-8-12(20)9-7-11)13-15(22)18(2,3)19(4,5)24-17(13)23;1-4-2(3)5/h7-10H,1-6H3;6-9,22H,1-5H3;1H3. The van der Waals surface area contributed by atoms with Crippen molar-refractivity contribution < 1.29 is 47.2 Å². The Bertz CT molecular complexity index is 2330. The van der Waals surface area contributed by atoms with Crippen LogP contribution in [0.25, 0.3) is 32.3 Å². The maximum Gasteiger partial charge on any atom is 0.357 e. The number of carbonyl (C=O) groups excluding carboxylic acids is 2. The maximum atomic E-state index is 13.3. The Kier molecular flexibility index (Phi) is 14.5. The van der Waals surface area contributed by atoms with Crippen LogP contribution >= 0.6 is 58.7 Å². The van der Waals surface area contributed by atoms with Crippen molar-refractivity contribution in [3.63, 3.8) is 0 Å². The van der Waals surface area contributed by atoms with Crippen LogP contribution in [0.2, 0.25) is 0 Å². The smallest absolute Gasteiger partial charge is 0.357 e. The Balaban J connectivity index is 0.000000236. The number of hydrogen-bond donors (Lipinski definition) is 1. The molecule has 0 aliphatic carbocycles. The zero-order chi connectivity index (χ0) is 44.4. The second-order valence-corrected chi connectivity index (χ2v) is 19.0. The van der Waals surface area contributed by atoms with Crippen molar-refractivity contribution in [1.82, 2.24) is 9.97 Å². The molecule has 0 saturated heterocycles. The lowest BCUT2D eigenvalue weighted by Crippen LogP contribution is -2.49. The molecule has 4 aromatic rings. The molecule has 0 radical (unpaired) electrons. The van der Waals surface area contributed by atoms with Crippen molar-refractivity contribution in [2.45, 2.75) is 80.4 Å². The SMILES string of the molecule is COC(=S)Cl.COC(=S)OC1=C(c2nc(-c3ccc(F)cc3)sc2C)C(=O)OC(C)(C)C1(C)C.Cc1sc(-c2ccc(F)cc2)nc1C1=C(O)C(C)(C)C(C)(C)OC1=O. The first-order valence-electron chi connectivity index (χ1n) is 17.9. The summed E-state index contributed by atoms with van der Waals surface area (Å²) in [4.78, 5) is 36.3. The van der Waals surface area contributed by atoms with Crippen molar-refractivity contribution in [2.75, 3.05) is 14.2 Å². The molecule has 316 valence electrons. The number of thiazole rings is 2. The molecule has 6 rings (SSSR count). The zero-order valence-corrected chi connectivity index (χ0v) is 38.6. The van der Waals surface area contributed by atoms with Crippen LogP contribution in [0.3, 0.4) is 0 Å². The fourth-order valence-corrected chi connectivity index (χ4v) is 7.53. The Morgan fingerprint density at radius 1 is 0.695 bits per heavy atom. The minimum absolute atomic E-state index is 0.0205. The quantitative estimate of drug-likeness (QED) is 0.116. The molecule has 0 amide bonds. The molecule has 0 fully saturated rings. The van der Waals surface area contributed by atoms with Gasteiger partial charge in [0.2, 0.25) is 0 Å². The van der Waals surface area contributed by atoms with Gasteiger partial charge in [0, 0.05) is 33.1 Å². The summed E-state index contributed by atoms with van der Waals surface area (Å²) in [6.07, 6.45) is 0. The highest BCUT2D eigenvalue weighted by Gasteiger charge is 2.53. The highest BCUT2D eigenvalue weighted by atomic mass is 35.5. The minimum atomic E-state index is -0.837. The molecule has 1 N–H and O–H groups in total. The number of benzene rings is 2. The van der Waals surface area contributed by atoms with E-state index in [0.717, 1.165) is 20.9 Å². The molecule has 0 bridgehead atoms. The van der Waals surface area contributed by atoms with Gasteiger partial charge >= 0.3 is 17.2 Å². The van der Waals surface area contributed by atoms with Crippen LogP contribution in [-0.2, 0) is 33.3 Å². The summed E-state index contributed by atoms with van der Waals surface area (Å²) in [7, 11) is 2.83. The van der Waals surface area contributed by atoms with Crippen LogP contribution in [0.5, 0.6) is 0 Å². The van der Waals surface area contributed by atoms with E-state index in [0.29, 0.717) is 27.2 Å². The van der Waals surface area contributed by atoms with Gasteiger partial charge in [-0.3, -0.25) is 0 Å². The Hall–Kier alpha value is -4.35. The number of aromatic nitrogens is 2. The Labute approximate surface area is 366 Å². The van der Waals surface area contributed by atoms with Gasteiger partial charge in [-0.05, 0) is 142 Å². The zero-order valence-electron chi connectivity index (χ0n) is 34.6. The Morgan fingerprint density at radius 3 is 1.46 bits per heavy atom. The van der Waals surface area contributed by atoms with Gasteiger partial charge in [0.15, 0.2) is 0 Å². The summed E-state index contributed by atoms with van der Waals surface area (Å²) in [6, 6.07) is 12.0. The summed E-state index contributed by atoms with van der Waals surface area (Å²) in [5, 5.41) is 12.0. The van der Waals surface area contributed by atoms with Crippen molar-refractivity contribution in [2.24, 2.45) is 10.8 Å². The summed E-state index contributed by atoms with van der Waals surface area (Å²) in [6.45, 7) is 18.4. The first-order chi connectivity index (χ1) is 27.3. The molecule has 2 aromatic carbocycles. The molecule has 59 heavy (non-hydrogen) atoms. The van der Waals surface area contributed by atoms with E-state index in [1.165, 1.54) is 61.2 Å². The van der Waals surface area contributed by atoms with Crippen LogP contribution in [0.15, 0.2) is 60.0 Å². The fourth-order valence-electron chi connectivity index (χ4n) is 5.60. The van der Waals surface area contributed by atoms with E-state index in [9.17, 15) is 23.5 Å². The topological polar surface area (TPSA) is 126 Å². The highest BCUT2D eigenvalue weighted by Crippen LogP contribution is 2.50. The van der Waals surface area contributed by atoms with Crippen LogP contribution in [0.1, 0.15) is 76.5 Å². The van der Waals surface area contributed by atoms with Gasteiger partial charge in [0.1, 0.15) is 55.5 Å². The van der Waals surface area contributed by atoms with E-state index in [-0.39, 0.29) is 38.3 Å². The number of halogens is 3. The lowest BCUT2D eigenvalue weighted by Gasteiger charge is -2.45. The maximum absolute atomic E-state index is 13.3. The lowest BCUT2D eigenvalue weighted by atomic mass is 9.72. The van der Waals surface area contributed by atoms with Gasteiger partial charge in [-0.1, -0.05) is 0 Å². The third kappa shape index (κ3) is 10.00. The van der Waals surface area contributed by atoms with E-state index in [2.05, 4.69) is 26.9 Å². The number of methoxy groups -OCH3 is 2. The normalized spacial score (nSPS) is 17.3. The average molecular weight is 908 g/mol. The van der Waals surface area contributed by atoms with Crippen molar-refractivity contribution in [3.8, 4) is 21.1 Å². The van der Waals surface area contributed by atoms with Crippen LogP contribution in [-0.4, -0.2) is 62.2 Å². The number of hydrogen-bond acceptors (Lipinski definition) is 14. The van der Waals surface area contributed by atoms with Crippen LogP contribution in [0, 0.1) is 36.3 Å². The molecular weight excluding hydrogens is 862 g/mol. The van der Waals surface area contributed by atoms with E-state index in [1.54, 1.807) is 38.1 Å². The lowest BCUT2D eigenvalue weighted by molar-refractivity contribution is -0.165. The second kappa shape index (κ2) is 18.1. The van der Waals surface area contributed by atoms with Gasteiger partial charge in [-0.25, -0.2) is 28.3 Å². The van der Waals surface area contributed by atoms with E-state index in [1.807, 2.05) is 55.4 Å². The minimum Gasteiger partial charge on any atom is -0.511 e. The molecule has 10 nitrogen and oxygen atoms in total. The number of aliphatic hydroxyl groups excluding tert-OH is 1. The summed E-state index contributed by atoms with van der Waals surface area (Å²) in [5.41, 5.74) is -0.422. The second-order valence-electron chi connectivity index (χ2n) is 15.3. The summed E-state index contributed by atoms with van der Waals surface area (Å²) in [5.74, 6) is -1.44. The highest BCUT2D eigenvalue weighted by molar-refractivity contribution is 7.82. The molecule has 4 heterocycles. The third-order valence-electron chi connectivity index (χ3n) is 10.5. The summed E-state index contributed by atoms with van der Waals surface area (Å²) < 4.78 is 52.8. The van der Waals surface area contributed by atoms with Crippen LogP contribution in [0.4, 0.5) is 8.78 Å². The number of aryl methyl sites for hydroxylation is 2. The Morgan fingerprint density at radius 2 is 1.07 bits per heavy atom. The van der Waals surface area contributed by atoms with Crippen molar-refractivity contribution in [3.05, 3.63) is 92.8 Å². The molecule has 2 aromatic heterocycles.